The van der Waals surface area contributed by atoms with E-state index in [9.17, 15) is 19.2 Å². The summed E-state index contributed by atoms with van der Waals surface area (Å²) < 4.78 is 0. The highest BCUT2D eigenvalue weighted by molar-refractivity contribution is 5.96. The SMILES string of the molecule is NC1CCNC(=O)CC(=O)NCCC(C=O)NCC1=O. The number of carbonyl (C=O) groups excluding carboxylic acids is 4. The lowest BCUT2D eigenvalue weighted by Crippen LogP contribution is -2.45. The van der Waals surface area contributed by atoms with Crippen LogP contribution in [0.2, 0.25) is 0 Å². The summed E-state index contributed by atoms with van der Waals surface area (Å²) in [6.07, 6.45) is 1.05. The summed E-state index contributed by atoms with van der Waals surface area (Å²) in [7, 11) is 0. The van der Waals surface area contributed by atoms with E-state index < -0.39 is 23.9 Å². The normalized spacial score (nSPS) is 27.1. The third kappa shape index (κ3) is 5.89. The number of rotatable bonds is 1. The molecule has 0 saturated carbocycles. The van der Waals surface area contributed by atoms with Crippen LogP contribution in [0.4, 0.5) is 0 Å². The lowest BCUT2D eigenvalue weighted by Gasteiger charge is -2.16. The van der Waals surface area contributed by atoms with Gasteiger partial charge < -0.3 is 26.5 Å². The first-order chi connectivity index (χ1) is 9.52. The monoisotopic (exact) mass is 284 g/mol. The summed E-state index contributed by atoms with van der Waals surface area (Å²) in [5, 5.41) is 7.86. The maximum Gasteiger partial charge on any atom is 0.229 e. The highest BCUT2D eigenvalue weighted by Gasteiger charge is 2.17. The Kier molecular flexibility index (Phi) is 6.82. The van der Waals surface area contributed by atoms with Crippen molar-refractivity contribution in [1.29, 1.82) is 0 Å². The Morgan fingerprint density at radius 2 is 1.65 bits per heavy atom. The molecule has 8 heteroatoms. The third-order valence-corrected chi connectivity index (χ3v) is 2.99. The van der Waals surface area contributed by atoms with Crippen molar-refractivity contribution in [1.82, 2.24) is 16.0 Å². The number of nitrogens with one attached hydrogen (secondary N) is 3. The molecular formula is C12H20N4O4. The van der Waals surface area contributed by atoms with Crippen LogP contribution in [0.15, 0.2) is 0 Å². The fourth-order valence-corrected chi connectivity index (χ4v) is 1.75. The number of ketones is 1. The van der Waals surface area contributed by atoms with Crippen molar-refractivity contribution >= 4 is 23.9 Å². The van der Waals surface area contributed by atoms with Crippen molar-refractivity contribution < 1.29 is 19.2 Å². The summed E-state index contributed by atoms with van der Waals surface area (Å²) in [6.45, 7) is 0.478. The summed E-state index contributed by atoms with van der Waals surface area (Å²) in [6, 6.07) is -1.23. The molecule has 0 aliphatic carbocycles. The molecule has 5 N–H and O–H groups in total. The van der Waals surface area contributed by atoms with E-state index >= 15 is 0 Å². The van der Waals surface area contributed by atoms with Gasteiger partial charge in [0.05, 0.1) is 18.6 Å². The summed E-state index contributed by atoms with van der Waals surface area (Å²) in [5.41, 5.74) is 5.68. The first-order valence-electron chi connectivity index (χ1n) is 6.53. The Morgan fingerprint density at radius 3 is 2.25 bits per heavy atom. The molecule has 0 radical (unpaired) electrons. The van der Waals surface area contributed by atoms with Gasteiger partial charge in [-0.3, -0.25) is 14.4 Å². The second kappa shape index (κ2) is 8.39. The van der Waals surface area contributed by atoms with E-state index in [4.69, 9.17) is 5.73 Å². The van der Waals surface area contributed by atoms with Gasteiger partial charge >= 0.3 is 0 Å². The molecule has 1 rings (SSSR count). The van der Waals surface area contributed by atoms with Crippen molar-refractivity contribution in [2.45, 2.75) is 31.3 Å². The highest BCUT2D eigenvalue weighted by Crippen LogP contribution is 1.93. The molecule has 2 amide bonds. The Morgan fingerprint density at radius 1 is 1.05 bits per heavy atom. The molecular weight excluding hydrogens is 264 g/mol. The van der Waals surface area contributed by atoms with Crippen LogP contribution in [0.5, 0.6) is 0 Å². The summed E-state index contributed by atoms with van der Waals surface area (Å²) in [5.74, 6) is -1.03. The fraction of sp³-hybridized carbons (Fsp3) is 0.667. The van der Waals surface area contributed by atoms with Gasteiger partial charge in [0.2, 0.25) is 11.8 Å². The number of aldehydes is 1. The van der Waals surface area contributed by atoms with Crippen LogP contribution in [0.1, 0.15) is 19.3 Å². The summed E-state index contributed by atoms with van der Waals surface area (Å²) >= 11 is 0. The minimum absolute atomic E-state index is 0.00747. The van der Waals surface area contributed by atoms with Gasteiger partial charge in [0.25, 0.3) is 0 Å². The number of hydrogen-bond acceptors (Lipinski definition) is 6. The smallest absolute Gasteiger partial charge is 0.229 e. The molecule has 0 aromatic heterocycles. The first kappa shape index (κ1) is 16.3. The zero-order valence-electron chi connectivity index (χ0n) is 11.2. The van der Waals surface area contributed by atoms with Gasteiger partial charge in [-0.25, -0.2) is 0 Å². The van der Waals surface area contributed by atoms with Gasteiger partial charge in [-0.05, 0) is 12.8 Å². The average Bonchev–Trinajstić information content (AvgIpc) is 2.41. The molecule has 0 bridgehead atoms. The molecule has 2 atom stereocenters. The van der Waals surface area contributed by atoms with Gasteiger partial charge in [-0.15, -0.1) is 0 Å². The molecule has 0 aromatic rings. The topological polar surface area (TPSA) is 130 Å². The van der Waals surface area contributed by atoms with Crippen LogP contribution in [0, 0.1) is 0 Å². The van der Waals surface area contributed by atoms with Crippen LogP contribution in [0.25, 0.3) is 0 Å². The molecule has 1 aliphatic rings. The first-order valence-corrected chi connectivity index (χ1v) is 6.53. The molecule has 0 spiro atoms. The van der Waals surface area contributed by atoms with Crippen molar-refractivity contribution in [2.75, 3.05) is 19.6 Å². The molecule has 1 heterocycles. The number of Topliss-reactive ketones (excluding diaryl/α,β-unsaturated/α-hetero) is 1. The number of amides is 2. The lowest BCUT2D eigenvalue weighted by atomic mass is 10.1. The molecule has 2 unspecified atom stereocenters. The van der Waals surface area contributed by atoms with E-state index in [0.29, 0.717) is 19.1 Å². The van der Waals surface area contributed by atoms with Gasteiger partial charge in [0, 0.05) is 13.1 Å². The third-order valence-electron chi connectivity index (χ3n) is 2.99. The number of carbonyl (C=O) groups is 4. The maximum atomic E-state index is 11.7. The highest BCUT2D eigenvalue weighted by atomic mass is 16.2. The molecule has 112 valence electrons. The van der Waals surface area contributed by atoms with Crippen LogP contribution >= 0.6 is 0 Å². The average molecular weight is 284 g/mol. The number of hydrogen-bond donors (Lipinski definition) is 4. The molecule has 20 heavy (non-hydrogen) atoms. The van der Waals surface area contributed by atoms with Crippen molar-refractivity contribution in [3.63, 3.8) is 0 Å². The predicted molar refractivity (Wildman–Crippen MR) is 70.7 cm³/mol. The standard InChI is InChI=1S/C12H20N4O4/c13-9-2-4-15-12(20)5-11(19)14-3-1-8(7-17)16-6-10(9)18/h7-9,16H,1-6,13H2,(H,14,19)(H,15,20). The van der Waals surface area contributed by atoms with Crippen molar-refractivity contribution in [3.05, 3.63) is 0 Å². The van der Waals surface area contributed by atoms with Gasteiger partial charge in [0.1, 0.15) is 12.7 Å². The van der Waals surface area contributed by atoms with Gasteiger partial charge in [-0.1, -0.05) is 0 Å². The molecule has 0 aromatic carbocycles. The Labute approximate surface area is 116 Å². The number of nitrogens with two attached hydrogens (primary N) is 1. The van der Waals surface area contributed by atoms with E-state index in [1.807, 2.05) is 0 Å². The van der Waals surface area contributed by atoms with Crippen molar-refractivity contribution in [3.8, 4) is 0 Å². The zero-order chi connectivity index (χ0) is 15.0. The summed E-state index contributed by atoms with van der Waals surface area (Å²) in [4.78, 5) is 45.4. The van der Waals surface area contributed by atoms with E-state index in [1.165, 1.54) is 0 Å². The van der Waals surface area contributed by atoms with Crippen LogP contribution in [0.3, 0.4) is 0 Å². The molecule has 8 nitrogen and oxygen atoms in total. The predicted octanol–water partition coefficient (Wildman–Crippen LogP) is -2.54. The van der Waals surface area contributed by atoms with Crippen LogP contribution < -0.4 is 21.7 Å². The Balaban J connectivity index is 2.60. The Hall–Kier alpha value is -1.80. The maximum absolute atomic E-state index is 11.7. The quantitative estimate of drug-likeness (QED) is 0.310. The fourth-order valence-electron chi connectivity index (χ4n) is 1.75. The molecule has 1 fully saturated rings. The van der Waals surface area contributed by atoms with Crippen molar-refractivity contribution in [2.24, 2.45) is 5.73 Å². The van der Waals surface area contributed by atoms with Gasteiger partial charge in [-0.2, -0.15) is 0 Å². The Bertz CT molecular complexity index is 380. The second-order valence-electron chi connectivity index (χ2n) is 4.65. The van der Waals surface area contributed by atoms with Crippen LogP contribution in [-0.4, -0.2) is 55.6 Å². The molecule has 1 saturated heterocycles. The minimum Gasteiger partial charge on any atom is -0.356 e. The molecule has 1 aliphatic heterocycles. The van der Waals surface area contributed by atoms with E-state index in [-0.39, 0.29) is 31.8 Å². The van der Waals surface area contributed by atoms with E-state index in [0.717, 1.165) is 0 Å². The largest absolute Gasteiger partial charge is 0.356 e. The minimum atomic E-state index is -0.702. The van der Waals surface area contributed by atoms with E-state index in [1.54, 1.807) is 0 Å². The van der Waals surface area contributed by atoms with E-state index in [2.05, 4.69) is 16.0 Å². The lowest BCUT2D eigenvalue weighted by molar-refractivity contribution is -0.129. The van der Waals surface area contributed by atoms with Crippen LogP contribution in [-0.2, 0) is 19.2 Å². The van der Waals surface area contributed by atoms with Gasteiger partial charge in [0.15, 0.2) is 5.78 Å². The second-order valence-corrected chi connectivity index (χ2v) is 4.65. The zero-order valence-corrected chi connectivity index (χ0v) is 11.2.